The largest absolute Gasteiger partial charge is 0.372 e. The number of benzene rings is 1. The van der Waals surface area contributed by atoms with Crippen LogP contribution in [0, 0.1) is 0 Å². The molecule has 0 aromatic heterocycles. The van der Waals surface area contributed by atoms with Crippen molar-refractivity contribution in [1.82, 2.24) is 15.1 Å². The van der Waals surface area contributed by atoms with E-state index in [4.69, 9.17) is 4.74 Å². The zero-order chi connectivity index (χ0) is 18.4. The Balaban J connectivity index is 1.89. The third-order valence-corrected chi connectivity index (χ3v) is 4.41. The smallest absolute Gasteiger partial charge is 0.317 e. The van der Waals surface area contributed by atoms with E-state index in [1.807, 2.05) is 52.0 Å². The number of nitrogens with zero attached hydrogens (tertiary/aromatic N) is 2. The first-order valence-corrected chi connectivity index (χ1v) is 8.91. The average molecular weight is 347 g/mol. The summed E-state index contributed by atoms with van der Waals surface area (Å²) in [5.74, 6) is 0.0381. The lowest BCUT2D eigenvalue weighted by molar-refractivity contribution is -0.0733. The second-order valence-corrected chi connectivity index (χ2v) is 6.86. The van der Waals surface area contributed by atoms with Crippen LogP contribution in [0.5, 0.6) is 0 Å². The number of amides is 3. The van der Waals surface area contributed by atoms with Crippen molar-refractivity contribution >= 4 is 11.9 Å². The van der Waals surface area contributed by atoms with E-state index in [1.165, 1.54) is 0 Å². The van der Waals surface area contributed by atoms with Gasteiger partial charge in [-0.1, -0.05) is 12.1 Å². The molecule has 6 nitrogen and oxygen atoms in total. The van der Waals surface area contributed by atoms with Crippen molar-refractivity contribution < 1.29 is 14.3 Å². The number of carbonyl (C=O) groups is 2. The number of hydrogen-bond acceptors (Lipinski definition) is 3. The molecular formula is C19H29N3O3. The van der Waals surface area contributed by atoms with E-state index in [0.717, 1.165) is 5.56 Å². The minimum Gasteiger partial charge on any atom is -0.372 e. The molecule has 1 fully saturated rings. The molecule has 6 heteroatoms. The normalized spacial score (nSPS) is 16.4. The monoisotopic (exact) mass is 347 g/mol. The quantitative estimate of drug-likeness (QED) is 0.890. The van der Waals surface area contributed by atoms with Crippen LogP contribution in [-0.2, 0) is 11.3 Å². The summed E-state index contributed by atoms with van der Waals surface area (Å²) >= 11 is 0. The third kappa shape index (κ3) is 5.19. The standard InChI is InChI=1S/C19H29N3O3/c1-5-21(6-2)17(23)16-9-7-15(8-10-16)13-20-18(24)22-11-12-25-19(3,4)14-22/h7-10H,5-6,11-14H2,1-4H3,(H,20,24). The number of urea groups is 1. The predicted octanol–water partition coefficient (Wildman–Crippen LogP) is 2.49. The number of hydrogen-bond donors (Lipinski definition) is 1. The highest BCUT2D eigenvalue weighted by atomic mass is 16.5. The van der Waals surface area contributed by atoms with Gasteiger partial charge in [0.25, 0.3) is 5.91 Å². The minimum absolute atomic E-state index is 0.0381. The Bertz CT molecular complexity index is 594. The SMILES string of the molecule is CCN(CC)C(=O)c1ccc(CNC(=O)N2CCOC(C)(C)C2)cc1. The molecule has 138 valence electrons. The summed E-state index contributed by atoms with van der Waals surface area (Å²) in [4.78, 5) is 28.2. The lowest BCUT2D eigenvalue weighted by Crippen LogP contribution is -2.53. The Morgan fingerprint density at radius 1 is 1.20 bits per heavy atom. The molecule has 0 spiro atoms. The van der Waals surface area contributed by atoms with E-state index < -0.39 is 0 Å². The topological polar surface area (TPSA) is 61.9 Å². The van der Waals surface area contributed by atoms with Crippen LogP contribution in [0.4, 0.5) is 4.79 Å². The summed E-state index contributed by atoms with van der Waals surface area (Å²) in [6.07, 6.45) is 0. The van der Waals surface area contributed by atoms with Gasteiger partial charge in [0.05, 0.1) is 18.8 Å². The number of ether oxygens (including phenoxy) is 1. The van der Waals surface area contributed by atoms with E-state index in [1.54, 1.807) is 9.80 Å². The maximum atomic E-state index is 12.3. The molecule has 1 aromatic carbocycles. The lowest BCUT2D eigenvalue weighted by atomic mass is 10.1. The lowest BCUT2D eigenvalue weighted by Gasteiger charge is -2.38. The molecular weight excluding hydrogens is 318 g/mol. The molecule has 3 amide bonds. The van der Waals surface area contributed by atoms with Crippen LogP contribution in [-0.4, -0.2) is 60.1 Å². The Kier molecular flexibility index (Phi) is 6.42. The van der Waals surface area contributed by atoms with E-state index in [-0.39, 0.29) is 17.5 Å². The first-order chi connectivity index (χ1) is 11.9. The second kappa shape index (κ2) is 8.34. The van der Waals surface area contributed by atoms with Gasteiger partial charge in [-0.15, -0.1) is 0 Å². The fraction of sp³-hybridized carbons (Fsp3) is 0.579. The predicted molar refractivity (Wildman–Crippen MR) is 97.5 cm³/mol. The zero-order valence-corrected chi connectivity index (χ0v) is 15.7. The van der Waals surface area contributed by atoms with Crippen LogP contribution in [0.1, 0.15) is 43.6 Å². The number of nitrogens with one attached hydrogen (secondary N) is 1. The molecule has 1 aliphatic heterocycles. The average Bonchev–Trinajstić information content (AvgIpc) is 2.60. The minimum atomic E-state index is -0.304. The Morgan fingerprint density at radius 2 is 1.84 bits per heavy atom. The zero-order valence-electron chi connectivity index (χ0n) is 15.7. The van der Waals surface area contributed by atoms with Crippen LogP contribution in [0.2, 0.25) is 0 Å². The summed E-state index contributed by atoms with van der Waals surface area (Å²) in [6.45, 7) is 11.5. The van der Waals surface area contributed by atoms with E-state index >= 15 is 0 Å². The van der Waals surface area contributed by atoms with Gasteiger partial charge in [-0.05, 0) is 45.4 Å². The molecule has 1 aliphatic rings. The van der Waals surface area contributed by atoms with Gasteiger partial charge < -0.3 is 19.9 Å². The summed E-state index contributed by atoms with van der Waals surface area (Å²) < 4.78 is 5.62. The number of rotatable bonds is 5. The van der Waals surface area contributed by atoms with Gasteiger partial charge in [-0.25, -0.2) is 4.79 Å². The molecule has 1 N–H and O–H groups in total. The van der Waals surface area contributed by atoms with E-state index in [9.17, 15) is 9.59 Å². The highest BCUT2D eigenvalue weighted by molar-refractivity contribution is 5.94. The van der Waals surface area contributed by atoms with Gasteiger partial charge in [0, 0.05) is 31.7 Å². The first-order valence-electron chi connectivity index (χ1n) is 8.91. The molecule has 0 bridgehead atoms. The Hall–Kier alpha value is -2.08. The molecule has 2 rings (SSSR count). The summed E-state index contributed by atoms with van der Waals surface area (Å²) in [5.41, 5.74) is 1.34. The second-order valence-electron chi connectivity index (χ2n) is 6.86. The van der Waals surface area contributed by atoms with Crippen LogP contribution >= 0.6 is 0 Å². The van der Waals surface area contributed by atoms with E-state index in [2.05, 4.69) is 5.32 Å². The molecule has 0 saturated carbocycles. The Labute approximate surface area is 150 Å². The highest BCUT2D eigenvalue weighted by Crippen LogP contribution is 2.16. The van der Waals surface area contributed by atoms with Crippen molar-refractivity contribution in [2.75, 3.05) is 32.8 Å². The maximum absolute atomic E-state index is 12.3. The van der Waals surface area contributed by atoms with Gasteiger partial charge in [0.2, 0.25) is 0 Å². The number of carbonyl (C=O) groups excluding carboxylic acids is 2. The molecule has 1 saturated heterocycles. The molecule has 1 heterocycles. The third-order valence-electron chi connectivity index (χ3n) is 4.41. The van der Waals surface area contributed by atoms with Crippen LogP contribution in [0.25, 0.3) is 0 Å². The fourth-order valence-electron chi connectivity index (χ4n) is 2.94. The van der Waals surface area contributed by atoms with Crippen molar-refractivity contribution in [2.24, 2.45) is 0 Å². The van der Waals surface area contributed by atoms with Crippen molar-refractivity contribution in [3.8, 4) is 0 Å². The van der Waals surface area contributed by atoms with Crippen molar-refractivity contribution in [1.29, 1.82) is 0 Å². The fourth-order valence-corrected chi connectivity index (χ4v) is 2.94. The van der Waals surface area contributed by atoms with Crippen LogP contribution < -0.4 is 5.32 Å². The molecule has 0 unspecified atom stereocenters. The number of morpholine rings is 1. The van der Waals surface area contributed by atoms with Crippen molar-refractivity contribution in [2.45, 2.75) is 39.8 Å². The summed E-state index contributed by atoms with van der Waals surface area (Å²) in [5, 5.41) is 2.94. The van der Waals surface area contributed by atoms with Gasteiger partial charge in [-0.3, -0.25) is 4.79 Å². The van der Waals surface area contributed by atoms with Crippen LogP contribution in [0.15, 0.2) is 24.3 Å². The van der Waals surface area contributed by atoms with Gasteiger partial charge in [0.15, 0.2) is 0 Å². The molecule has 25 heavy (non-hydrogen) atoms. The molecule has 0 atom stereocenters. The summed E-state index contributed by atoms with van der Waals surface area (Å²) in [7, 11) is 0. The van der Waals surface area contributed by atoms with Gasteiger partial charge >= 0.3 is 6.03 Å². The summed E-state index contributed by atoms with van der Waals surface area (Å²) in [6, 6.07) is 7.33. The van der Waals surface area contributed by atoms with Gasteiger partial charge in [0.1, 0.15) is 0 Å². The maximum Gasteiger partial charge on any atom is 0.317 e. The van der Waals surface area contributed by atoms with Gasteiger partial charge in [-0.2, -0.15) is 0 Å². The highest BCUT2D eigenvalue weighted by Gasteiger charge is 2.29. The molecule has 1 aromatic rings. The van der Waals surface area contributed by atoms with E-state index in [0.29, 0.717) is 44.9 Å². The molecule has 0 radical (unpaired) electrons. The van der Waals surface area contributed by atoms with Crippen molar-refractivity contribution in [3.63, 3.8) is 0 Å². The Morgan fingerprint density at radius 3 is 2.40 bits per heavy atom. The van der Waals surface area contributed by atoms with Crippen LogP contribution in [0.3, 0.4) is 0 Å². The first kappa shape index (κ1) is 19.2. The molecule has 0 aliphatic carbocycles. The van der Waals surface area contributed by atoms with Crippen molar-refractivity contribution in [3.05, 3.63) is 35.4 Å².